The van der Waals surface area contributed by atoms with Crippen molar-refractivity contribution < 1.29 is 24.0 Å². The van der Waals surface area contributed by atoms with Gasteiger partial charge in [-0.15, -0.1) is 0 Å². The number of hydrogen-bond acceptors (Lipinski definition) is 7. The Kier molecular flexibility index (Phi) is 6.18. The monoisotopic (exact) mass is 414 g/mol. The first-order chi connectivity index (χ1) is 13.9. The van der Waals surface area contributed by atoms with E-state index >= 15 is 0 Å². The Hall–Kier alpha value is -3.33. The Balaban J connectivity index is 1.72. The van der Waals surface area contributed by atoms with Crippen LogP contribution >= 0.6 is 11.8 Å². The Labute approximate surface area is 171 Å². The van der Waals surface area contributed by atoms with Crippen LogP contribution in [0.4, 0.5) is 10.5 Å². The van der Waals surface area contributed by atoms with Crippen molar-refractivity contribution in [1.82, 2.24) is 4.90 Å². The molecule has 2 aromatic carbocycles. The van der Waals surface area contributed by atoms with Crippen molar-refractivity contribution in [2.24, 2.45) is 0 Å². The number of nitro benzene ring substituents is 1. The van der Waals surface area contributed by atoms with Crippen LogP contribution in [0, 0.1) is 17.0 Å². The second kappa shape index (κ2) is 8.78. The molecule has 1 fully saturated rings. The zero-order chi connectivity index (χ0) is 21.0. The van der Waals surface area contributed by atoms with E-state index in [2.05, 4.69) is 0 Å². The highest BCUT2D eigenvalue weighted by Gasteiger charge is 2.35. The number of amides is 2. The van der Waals surface area contributed by atoms with Crippen molar-refractivity contribution in [3.05, 3.63) is 68.6 Å². The molecule has 9 heteroatoms. The van der Waals surface area contributed by atoms with Gasteiger partial charge in [-0.25, -0.2) is 0 Å². The summed E-state index contributed by atoms with van der Waals surface area (Å²) in [6.07, 6.45) is 1.43. The maximum absolute atomic E-state index is 12.6. The summed E-state index contributed by atoms with van der Waals surface area (Å²) in [7, 11) is 1.31. The number of nitrogens with zero attached hydrogens (tertiary/aromatic N) is 2. The van der Waals surface area contributed by atoms with Crippen molar-refractivity contribution in [2.75, 3.05) is 20.3 Å². The maximum atomic E-state index is 12.6. The van der Waals surface area contributed by atoms with E-state index in [9.17, 15) is 19.7 Å². The summed E-state index contributed by atoms with van der Waals surface area (Å²) in [6.45, 7) is 2.23. The minimum atomic E-state index is -0.565. The van der Waals surface area contributed by atoms with E-state index in [1.807, 2.05) is 31.2 Å². The van der Waals surface area contributed by atoms with Crippen molar-refractivity contribution in [3.63, 3.8) is 0 Å². The zero-order valence-electron chi connectivity index (χ0n) is 15.8. The van der Waals surface area contributed by atoms with E-state index in [1.54, 1.807) is 6.07 Å². The van der Waals surface area contributed by atoms with Gasteiger partial charge < -0.3 is 9.47 Å². The van der Waals surface area contributed by atoms with Gasteiger partial charge in [-0.3, -0.25) is 24.6 Å². The molecular weight excluding hydrogens is 396 g/mol. The van der Waals surface area contributed by atoms with Crippen LogP contribution in [-0.4, -0.2) is 41.2 Å². The molecule has 0 N–H and O–H groups in total. The molecule has 0 saturated carbocycles. The van der Waals surface area contributed by atoms with Crippen LogP contribution in [0.3, 0.4) is 0 Å². The average Bonchev–Trinajstić information content (AvgIpc) is 2.96. The molecule has 150 valence electrons. The molecule has 0 atom stereocenters. The molecule has 0 aromatic heterocycles. The summed E-state index contributed by atoms with van der Waals surface area (Å²) in [6, 6.07) is 11.8. The van der Waals surface area contributed by atoms with Gasteiger partial charge in [0.15, 0.2) is 0 Å². The van der Waals surface area contributed by atoms with Crippen LogP contribution in [0.25, 0.3) is 6.08 Å². The van der Waals surface area contributed by atoms with Crippen LogP contribution in [0.5, 0.6) is 11.5 Å². The van der Waals surface area contributed by atoms with E-state index in [0.717, 1.165) is 22.2 Å². The molecular formula is C20H18N2O6S. The number of rotatable bonds is 7. The number of thioether (sulfide) groups is 1. The molecule has 3 rings (SSSR count). The first kappa shape index (κ1) is 20.4. The second-order valence-electron chi connectivity index (χ2n) is 6.15. The van der Waals surface area contributed by atoms with Crippen molar-refractivity contribution in [2.45, 2.75) is 6.92 Å². The molecule has 1 saturated heterocycles. The first-order valence-electron chi connectivity index (χ1n) is 8.67. The molecule has 0 aliphatic carbocycles. The van der Waals surface area contributed by atoms with Gasteiger partial charge in [0, 0.05) is 11.6 Å². The highest BCUT2D eigenvalue weighted by molar-refractivity contribution is 8.18. The third-order valence-electron chi connectivity index (χ3n) is 4.19. The number of para-hydroxylation sites is 1. The van der Waals surface area contributed by atoms with Gasteiger partial charge in [0.2, 0.25) is 5.75 Å². The summed E-state index contributed by atoms with van der Waals surface area (Å²) in [4.78, 5) is 36.7. The van der Waals surface area contributed by atoms with Crippen molar-refractivity contribution in [3.8, 4) is 11.5 Å². The first-order valence-corrected chi connectivity index (χ1v) is 9.48. The normalized spacial score (nSPS) is 15.1. The molecule has 0 unspecified atom stereocenters. The summed E-state index contributed by atoms with van der Waals surface area (Å²) >= 11 is 0.776. The van der Waals surface area contributed by atoms with Gasteiger partial charge >= 0.3 is 5.69 Å². The lowest BCUT2D eigenvalue weighted by Crippen LogP contribution is -2.32. The fraction of sp³-hybridized carbons (Fsp3) is 0.200. The van der Waals surface area contributed by atoms with E-state index in [-0.39, 0.29) is 29.5 Å². The number of imide groups is 1. The third kappa shape index (κ3) is 4.57. The minimum absolute atomic E-state index is 0.0343. The third-order valence-corrected chi connectivity index (χ3v) is 5.10. The number of ether oxygens (including phenoxy) is 2. The topological polar surface area (TPSA) is 99.0 Å². The lowest BCUT2D eigenvalue weighted by Gasteiger charge is -2.13. The Morgan fingerprint density at radius 1 is 1.17 bits per heavy atom. The number of methoxy groups -OCH3 is 1. The Morgan fingerprint density at radius 3 is 2.55 bits per heavy atom. The van der Waals surface area contributed by atoms with Crippen LogP contribution in [0.1, 0.15) is 11.1 Å². The number of carbonyl (C=O) groups excluding carboxylic acids is 2. The van der Waals surface area contributed by atoms with Crippen LogP contribution in [-0.2, 0) is 4.79 Å². The SMILES string of the molecule is COc1c(/C=C2\SC(=O)N(CCOc3ccc(C)cc3)C2=O)cccc1[N+](=O)[O-]. The summed E-state index contributed by atoms with van der Waals surface area (Å²) in [5.74, 6) is 0.215. The fourth-order valence-electron chi connectivity index (χ4n) is 2.75. The number of nitro groups is 1. The number of benzene rings is 2. The molecule has 29 heavy (non-hydrogen) atoms. The van der Waals surface area contributed by atoms with Gasteiger partial charge in [-0.05, 0) is 36.9 Å². The van der Waals surface area contributed by atoms with Gasteiger partial charge in [0.25, 0.3) is 11.1 Å². The van der Waals surface area contributed by atoms with Crippen molar-refractivity contribution >= 4 is 34.7 Å². The predicted molar refractivity (Wildman–Crippen MR) is 109 cm³/mol. The quantitative estimate of drug-likeness (QED) is 0.383. The molecule has 1 aliphatic rings. The number of carbonyl (C=O) groups is 2. The van der Waals surface area contributed by atoms with E-state index in [4.69, 9.17) is 9.47 Å². The van der Waals surface area contributed by atoms with Crippen molar-refractivity contribution in [1.29, 1.82) is 0 Å². The fourth-order valence-corrected chi connectivity index (χ4v) is 3.60. The summed E-state index contributed by atoms with van der Waals surface area (Å²) < 4.78 is 10.7. The molecule has 2 amide bonds. The number of aryl methyl sites for hydroxylation is 1. The van der Waals surface area contributed by atoms with Gasteiger partial charge in [0.1, 0.15) is 12.4 Å². The molecule has 0 spiro atoms. The van der Waals surface area contributed by atoms with Gasteiger partial charge in [-0.2, -0.15) is 0 Å². The lowest BCUT2D eigenvalue weighted by atomic mass is 10.1. The smallest absolute Gasteiger partial charge is 0.311 e. The molecule has 2 aromatic rings. The Morgan fingerprint density at radius 2 is 1.90 bits per heavy atom. The zero-order valence-corrected chi connectivity index (χ0v) is 16.6. The molecule has 0 bridgehead atoms. The Bertz CT molecular complexity index is 987. The van der Waals surface area contributed by atoms with E-state index in [0.29, 0.717) is 11.3 Å². The lowest BCUT2D eigenvalue weighted by molar-refractivity contribution is -0.385. The molecule has 1 heterocycles. The van der Waals surface area contributed by atoms with Crippen LogP contribution in [0.2, 0.25) is 0 Å². The van der Waals surface area contributed by atoms with E-state index < -0.39 is 16.1 Å². The summed E-state index contributed by atoms with van der Waals surface area (Å²) in [5.41, 5.74) is 1.24. The highest BCUT2D eigenvalue weighted by atomic mass is 32.2. The highest BCUT2D eigenvalue weighted by Crippen LogP contribution is 2.37. The molecule has 8 nitrogen and oxygen atoms in total. The number of hydrogen-bond donors (Lipinski definition) is 0. The van der Waals surface area contributed by atoms with Gasteiger partial charge in [0.05, 0.1) is 23.5 Å². The molecule has 0 radical (unpaired) electrons. The maximum Gasteiger partial charge on any atom is 0.311 e. The second-order valence-corrected chi connectivity index (χ2v) is 7.14. The minimum Gasteiger partial charge on any atom is -0.492 e. The van der Waals surface area contributed by atoms with Crippen LogP contribution in [0.15, 0.2) is 47.4 Å². The van der Waals surface area contributed by atoms with Gasteiger partial charge in [-0.1, -0.05) is 29.8 Å². The van der Waals surface area contributed by atoms with Crippen LogP contribution < -0.4 is 9.47 Å². The summed E-state index contributed by atoms with van der Waals surface area (Å²) in [5, 5.41) is 10.7. The largest absolute Gasteiger partial charge is 0.492 e. The molecule has 1 aliphatic heterocycles. The predicted octanol–water partition coefficient (Wildman–Crippen LogP) is 4.03. The van der Waals surface area contributed by atoms with E-state index in [1.165, 1.54) is 25.3 Å². The standard InChI is InChI=1S/C20H18N2O6S/c1-13-6-8-15(9-7-13)28-11-10-21-19(23)17(29-20(21)24)12-14-4-3-5-16(22(25)26)18(14)27-2/h3-9,12H,10-11H2,1-2H3/b17-12-. The average molecular weight is 414 g/mol.